The highest BCUT2D eigenvalue weighted by molar-refractivity contribution is 5.89. The van der Waals surface area contributed by atoms with Crippen molar-refractivity contribution in [1.29, 1.82) is 0 Å². The molecule has 0 aliphatic heterocycles. The molecule has 0 bridgehead atoms. The molecule has 0 aromatic heterocycles. The van der Waals surface area contributed by atoms with E-state index >= 15 is 4.39 Å². The molecule has 162 valence electrons. The van der Waals surface area contributed by atoms with Crippen molar-refractivity contribution < 1.29 is 22.3 Å². The molecule has 0 saturated carbocycles. The summed E-state index contributed by atoms with van der Waals surface area (Å²) in [5.74, 6) is -1.68. The maximum absolute atomic E-state index is 15.2. The number of aryl methyl sites for hydroxylation is 1. The van der Waals surface area contributed by atoms with Gasteiger partial charge >= 0.3 is 6.61 Å². The third-order valence-corrected chi connectivity index (χ3v) is 5.33. The Kier molecular flexibility index (Phi) is 6.26. The lowest BCUT2D eigenvalue weighted by Gasteiger charge is -2.10. The molecule has 4 aromatic rings. The number of benzene rings is 4. The van der Waals surface area contributed by atoms with Gasteiger partial charge in [0.15, 0.2) is 11.6 Å². The SMILES string of the molecule is C=CCCc1ccc2c(F)c(-c3ccc(-c4ccc(OC(F)F)c(F)c4)cc3)ccc2c1. The van der Waals surface area contributed by atoms with Crippen LogP contribution in [0.3, 0.4) is 0 Å². The second-order valence-corrected chi connectivity index (χ2v) is 7.41. The predicted molar refractivity (Wildman–Crippen MR) is 120 cm³/mol. The van der Waals surface area contributed by atoms with Gasteiger partial charge in [0.05, 0.1) is 0 Å². The highest BCUT2D eigenvalue weighted by atomic mass is 19.3. The molecule has 0 unspecified atom stereocenters. The van der Waals surface area contributed by atoms with Gasteiger partial charge in [-0.25, -0.2) is 8.78 Å². The number of hydrogen-bond acceptors (Lipinski definition) is 1. The summed E-state index contributed by atoms with van der Waals surface area (Å²) in [7, 11) is 0. The summed E-state index contributed by atoms with van der Waals surface area (Å²) in [5, 5.41) is 1.39. The maximum atomic E-state index is 15.2. The normalized spacial score (nSPS) is 11.2. The van der Waals surface area contributed by atoms with Gasteiger partial charge in [-0.15, -0.1) is 6.58 Å². The first-order valence-electron chi connectivity index (χ1n) is 10.1. The topological polar surface area (TPSA) is 9.23 Å². The molecule has 4 rings (SSSR count). The largest absolute Gasteiger partial charge is 0.432 e. The second kappa shape index (κ2) is 9.27. The minimum atomic E-state index is -3.09. The summed E-state index contributed by atoms with van der Waals surface area (Å²) in [4.78, 5) is 0. The van der Waals surface area contributed by atoms with Gasteiger partial charge in [-0.3, -0.25) is 0 Å². The zero-order valence-corrected chi connectivity index (χ0v) is 17.1. The Morgan fingerprint density at radius 1 is 0.812 bits per heavy atom. The highest BCUT2D eigenvalue weighted by Gasteiger charge is 2.13. The molecular weight excluding hydrogens is 416 g/mol. The molecule has 1 nitrogen and oxygen atoms in total. The third-order valence-electron chi connectivity index (χ3n) is 5.33. The van der Waals surface area contributed by atoms with Gasteiger partial charge in [-0.05, 0) is 52.6 Å². The van der Waals surface area contributed by atoms with Crippen LogP contribution in [-0.2, 0) is 6.42 Å². The molecule has 32 heavy (non-hydrogen) atoms. The quantitative estimate of drug-likeness (QED) is 0.210. The molecule has 0 radical (unpaired) electrons. The van der Waals surface area contributed by atoms with Crippen molar-refractivity contribution in [2.75, 3.05) is 0 Å². The monoisotopic (exact) mass is 436 g/mol. The zero-order chi connectivity index (χ0) is 22.7. The van der Waals surface area contributed by atoms with Crippen LogP contribution in [0.25, 0.3) is 33.0 Å². The van der Waals surface area contributed by atoms with E-state index in [0.29, 0.717) is 27.6 Å². The summed E-state index contributed by atoms with van der Waals surface area (Å²) >= 11 is 0. The lowest BCUT2D eigenvalue weighted by atomic mass is 9.96. The van der Waals surface area contributed by atoms with Crippen LogP contribution in [0.1, 0.15) is 12.0 Å². The standard InChI is InChI=1S/C27H20F4O/c1-2-3-4-17-5-12-23-21(15-17)10-13-22(26(23)29)19-8-6-18(7-9-19)20-11-14-25(24(28)16-20)32-27(30)31/h2,5-16,27H,1,3-4H2. The molecule has 0 amide bonds. The van der Waals surface area contributed by atoms with E-state index in [1.165, 1.54) is 6.07 Å². The van der Waals surface area contributed by atoms with Crippen LogP contribution in [0, 0.1) is 11.6 Å². The first-order valence-corrected chi connectivity index (χ1v) is 10.1. The number of alkyl halides is 2. The van der Waals surface area contributed by atoms with Gasteiger partial charge in [-0.1, -0.05) is 66.7 Å². The van der Waals surface area contributed by atoms with Crippen molar-refractivity contribution in [3.8, 4) is 28.0 Å². The average molecular weight is 436 g/mol. The van der Waals surface area contributed by atoms with Gasteiger partial charge in [0, 0.05) is 10.9 Å². The molecule has 0 heterocycles. The Morgan fingerprint density at radius 3 is 2.22 bits per heavy atom. The Hall–Kier alpha value is -3.60. The van der Waals surface area contributed by atoms with Gasteiger partial charge in [0.2, 0.25) is 0 Å². The van der Waals surface area contributed by atoms with Crippen LogP contribution >= 0.6 is 0 Å². The van der Waals surface area contributed by atoms with E-state index in [4.69, 9.17) is 0 Å². The lowest BCUT2D eigenvalue weighted by Crippen LogP contribution is -2.03. The lowest BCUT2D eigenvalue weighted by molar-refractivity contribution is -0.0521. The van der Waals surface area contributed by atoms with Crippen LogP contribution in [0.4, 0.5) is 17.6 Å². The van der Waals surface area contributed by atoms with Crippen molar-refractivity contribution in [3.05, 3.63) is 103 Å². The van der Waals surface area contributed by atoms with Gasteiger partial charge in [0.1, 0.15) is 5.82 Å². The number of rotatable bonds is 7. The van der Waals surface area contributed by atoms with Gasteiger partial charge in [0.25, 0.3) is 0 Å². The van der Waals surface area contributed by atoms with Crippen molar-refractivity contribution in [1.82, 2.24) is 0 Å². The van der Waals surface area contributed by atoms with Crippen molar-refractivity contribution >= 4 is 10.8 Å². The van der Waals surface area contributed by atoms with E-state index in [-0.39, 0.29) is 5.82 Å². The molecule has 0 spiro atoms. The number of allylic oxidation sites excluding steroid dienone is 1. The predicted octanol–water partition coefficient (Wildman–Crippen LogP) is 8.17. The van der Waals surface area contributed by atoms with Crippen LogP contribution in [0.15, 0.2) is 85.5 Å². The van der Waals surface area contributed by atoms with Crippen LogP contribution < -0.4 is 4.74 Å². The number of halogens is 4. The summed E-state index contributed by atoms with van der Waals surface area (Å²) in [6.07, 6.45) is 3.59. The summed E-state index contributed by atoms with van der Waals surface area (Å²) in [5.41, 5.74) is 3.45. The van der Waals surface area contributed by atoms with E-state index in [1.807, 2.05) is 24.3 Å². The first kappa shape index (κ1) is 21.6. The summed E-state index contributed by atoms with van der Waals surface area (Å²) in [6.45, 7) is 0.637. The van der Waals surface area contributed by atoms with E-state index < -0.39 is 18.2 Å². The fraction of sp³-hybridized carbons (Fsp3) is 0.111. The highest BCUT2D eigenvalue weighted by Crippen LogP contribution is 2.32. The Labute approximate surface area is 183 Å². The molecule has 4 aromatic carbocycles. The first-order chi connectivity index (χ1) is 15.5. The third kappa shape index (κ3) is 4.52. The summed E-state index contributed by atoms with van der Waals surface area (Å²) < 4.78 is 58.0. The molecule has 0 saturated heterocycles. The van der Waals surface area contributed by atoms with Gasteiger partial charge in [-0.2, -0.15) is 8.78 Å². The molecule has 0 aliphatic carbocycles. The van der Waals surface area contributed by atoms with Crippen LogP contribution in [0.5, 0.6) is 5.75 Å². The van der Waals surface area contributed by atoms with Crippen molar-refractivity contribution in [2.24, 2.45) is 0 Å². The van der Waals surface area contributed by atoms with E-state index in [9.17, 15) is 13.2 Å². The number of fused-ring (bicyclic) bond motifs is 1. The van der Waals surface area contributed by atoms with E-state index in [0.717, 1.165) is 35.9 Å². The van der Waals surface area contributed by atoms with Crippen molar-refractivity contribution in [2.45, 2.75) is 19.5 Å². The summed E-state index contributed by atoms with van der Waals surface area (Å²) in [6, 6.07) is 20.1. The molecule has 0 aliphatic rings. The van der Waals surface area contributed by atoms with Gasteiger partial charge < -0.3 is 4.74 Å². The molecule has 0 atom stereocenters. The minimum Gasteiger partial charge on any atom is -0.432 e. The second-order valence-electron chi connectivity index (χ2n) is 7.41. The Morgan fingerprint density at radius 2 is 1.53 bits per heavy atom. The van der Waals surface area contributed by atoms with Crippen LogP contribution in [-0.4, -0.2) is 6.61 Å². The number of ether oxygens (including phenoxy) is 1. The van der Waals surface area contributed by atoms with Crippen LogP contribution in [0.2, 0.25) is 0 Å². The molecule has 0 N–H and O–H groups in total. The fourth-order valence-electron chi connectivity index (χ4n) is 3.70. The average Bonchev–Trinajstić information content (AvgIpc) is 2.79. The zero-order valence-electron chi connectivity index (χ0n) is 17.1. The number of hydrogen-bond donors (Lipinski definition) is 0. The molecule has 0 fully saturated rings. The molecule has 5 heteroatoms. The maximum Gasteiger partial charge on any atom is 0.387 e. The Bertz CT molecular complexity index is 1260. The molecular formula is C27H20F4O. The van der Waals surface area contributed by atoms with E-state index in [1.54, 1.807) is 36.4 Å². The van der Waals surface area contributed by atoms with Crippen molar-refractivity contribution in [3.63, 3.8) is 0 Å². The minimum absolute atomic E-state index is 0.301. The smallest absolute Gasteiger partial charge is 0.387 e. The van der Waals surface area contributed by atoms with E-state index in [2.05, 4.69) is 11.3 Å². The fourth-order valence-corrected chi connectivity index (χ4v) is 3.70. The Balaban J connectivity index is 1.62.